The molecule has 0 aliphatic heterocycles. The van der Waals surface area contributed by atoms with E-state index >= 15 is 0 Å². The first-order valence-electron chi connectivity index (χ1n) is 8.23. The topological polar surface area (TPSA) is 71.3 Å². The van der Waals surface area contributed by atoms with E-state index in [0.717, 1.165) is 12.1 Å². The van der Waals surface area contributed by atoms with E-state index in [1.54, 1.807) is 6.07 Å². The molecule has 28 heavy (non-hydrogen) atoms. The average molecular weight is 388 g/mol. The minimum Gasteiger partial charge on any atom is -0.451 e. The molecule has 0 radical (unpaired) electrons. The molecule has 5 nitrogen and oxygen atoms in total. The first kappa shape index (κ1) is 19.2. The van der Waals surface area contributed by atoms with Crippen molar-refractivity contribution in [3.05, 3.63) is 83.4 Å². The molecule has 1 heterocycles. The van der Waals surface area contributed by atoms with Crippen LogP contribution in [-0.2, 0) is 4.79 Å². The Kier molecular flexibility index (Phi) is 5.49. The quantitative estimate of drug-likeness (QED) is 0.702. The number of carbonyl (C=O) groups excluding carboxylic acids is 2. The van der Waals surface area contributed by atoms with Gasteiger partial charge in [0.1, 0.15) is 17.6 Å². The number of hydrogen-bond acceptors (Lipinski definition) is 3. The number of nitrogens with one attached hydrogen (secondary N) is 2. The third-order valence-electron chi connectivity index (χ3n) is 4.03. The zero-order chi connectivity index (χ0) is 20.3. The molecule has 2 aromatic carbocycles. The zero-order valence-electron chi connectivity index (χ0n) is 14.6. The van der Waals surface area contributed by atoms with E-state index in [4.69, 9.17) is 4.42 Å². The van der Waals surface area contributed by atoms with Crippen LogP contribution in [0.15, 0.2) is 59.0 Å². The van der Waals surface area contributed by atoms with Gasteiger partial charge in [-0.05, 0) is 42.0 Å². The number of benzene rings is 2. The van der Waals surface area contributed by atoms with Crippen LogP contribution in [0.5, 0.6) is 0 Å². The van der Waals surface area contributed by atoms with Crippen LogP contribution in [0.2, 0.25) is 0 Å². The van der Waals surface area contributed by atoms with Crippen LogP contribution in [0.25, 0.3) is 11.3 Å². The van der Waals surface area contributed by atoms with Gasteiger partial charge in [-0.1, -0.05) is 18.2 Å². The van der Waals surface area contributed by atoms with Crippen LogP contribution in [0.4, 0.5) is 13.2 Å². The average Bonchev–Trinajstić information content (AvgIpc) is 3.18. The third-order valence-corrected chi connectivity index (χ3v) is 4.03. The lowest BCUT2D eigenvalue weighted by molar-refractivity contribution is -0.122. The minimum absolute atomic E-state index is 0.0486. The van der Waals surface area contributed by atoms with Crippen molar-refractivity contribution < 1.29 is 27.2 Å². The molecule has 0 saturated heterocycles. The zero-order valence-corrected chi connectivity index (χ0v) is 14.6. The van der Waals surface area contributed by atoms with E-state index in [-0.39, 0.29) is 22.6 Å². The van der Waals surface area contributed by atoms with Crippen molar-refractivity contribution in [1.82, 2.24) is 10.6 Å². The first-order chi connectivity index (χ1) is 13.4. The fraction of sp³-hybridized carbons (Fsp3) is 0.100. The second kappa shape index (κ2) is 7.99. The summed E-state index contributed by atoms with van der Waals surface area (Å²) in [6.45, 7) is 0. The summed E-state index contributed by atoms with van der Waals surface area (Å²) >= 11 is 0. The fourth-order valence-electron chi connectivity index (χ4n) is 2.60. The van der Waals surface area contributed by atoms with Crippen molar-refractivity contribution in [3.63, 3.8) is 0 Å². The Labute approximate surface area is 158 Å². The number of likely N-dealkylation sites (N-methyl/N-ethyl adjacent to an activating group) is 1. The fourth-order valence-corrected chi connectivity index (χ4v) is 2.60. The monoisotopic (exact) mass is 388 g/mol. The van der Waals surface area contributed by atoms with Crippen LogP contribution in [-0.4, -0.2) is 18.9 Å². The molecule has 2 amide bonds. The van der Waals surface area contributed by atoms with Crippen LogP contribution < -0.4 is 10.6 Å². The SMILES string of the molecule is CNC(=O)C(NC(=O)c1ccc(-c2ccccc2F)o1)c1ccc(F)c(F)c1. The second-order valence-electron chi connectivity index (χ2n) is 5.84. The molecule has 0 bridgehead atoms. The van der Waals surface area contributed by atoms with Crippen molar-refractivity contribution in [2.75, 3.05) is 7.05 Å². The molecule has 0 saturated carbocycles. The van der Waals surface area contributed by atoms with Gasteiger partial charge in [0.25, 0.3) is 5.91 Å². The second-order valence-corrected chi connectivity index (χ2v) is 5.84. The smallest absolute Gasteiger partial charge is 0.287 e. The summed E-state index contributed by atoms with van der Waals surface area (Å²) in [5, 5.41) is 4.74. The van der Waals surface area contributed by atoms with E-state index in [9.17, 15) is 22.8 Å². The van der Waals surface area contributed by atoms with Gasteiger partial charge in [0.2, 0.25) is 5.91 Å². The van der Waals surface area contributed by atoms with Gasteiger partial charge in [0.15, 0.2) is 17.4 Å². The number of hydrogen-bond donors (Lipinski definition) is 2. The lowest BCUT2D eigenvalue weighted by atomic mass is 10.1. The standard InChI is InChI=1S/C20H15F3N2O3/c1-24-20(27)18(11-6-7-14(22)15(23)10-11)25-19(26)17-9-8-16(28-17)12-4-2-3-5-13(12)21/h2-10,18H,1H3,(H,24,27)(H,25,26). The Balaban J connectivity index is 1.86. The molecule has 8 heteroatoms. The highest BCUT2D eigenvalue weighted by Gasteiger charge is 2.25. The van der Waals surface area contributed by atoms with Crippen LogP contribution >= 0.6 is 0 Å². The third kappa shape index (κ3) is 3.90. The van der Waals surface area contributed by atoms with Gasteiger partial charge < -0.3 is 15.1 Å². The number of amides is 2. The number of halogens is 3. The van der Waals surface area contributed by atoms with Gasteiger partial charge in [-0.15, -0.1) is 0 Å². The summed E-state index contributed by atoms with van der Waals surface area (Å²) in [5.74, 6) is -4.20. The van der Waals surface area contributed by atoms with Crippen molar-refractivity contribution in [2.45, 2.75) is 6.04 Å². The van der Waals surface area contributed by atoms with E-state index in [2.05, 4.69) is 10.6 Å². The van der Waals surface area contributed by atoms with Crippen molar-refractivity contribution in [2.24, 2.45) is 0 Å². The summed E-state index contributed by atoms with van der Waals surface area (Å²) in [7, 11) is 1.34. The largest absolute Gasteiger partial charge is 0.451 e. The van der Waals surface area contributed by atoms with E-state index in [1.807, 2.05) is 0 Å². The summed E-state index contributed by atoms with van der Waals surface area (Å²) in [5.41, 5.74) is 0.220. The normalized spacial score (nSPS) is 11.7. The Morgan fingerprint density at radius 2 is 1.68 bits per heavy atom. The van der Waals surface area contributed by atoms with Gasteiger partial charge >= 0.3 is 0 Å². The lowest BCUT2D eigenvalue weighted by Gasteiger charge is -2.17. The highest BCUT2D eigenvalue weighted by molar-refractivity contribution is 5.96. The Bertz CT molecular complexity index is 1030. The number of carbonyl (C=O) groups is 2. The molecule has 144 valence electrons. The predicted molar refractivity (Wildman–Crippen MR) is 94.7 cm³/mol. The molecule has 3 rings (SSSR count). The maximum absolute atomic E-state index is 13.9. The molecular formula is C20H15F3N2O3. The molecule has 0 aliphatic carbocycles. The Morgan fingerprint density at radius 3 is 2.36 bits per heavy atom. The van der Waals surface area contributed by atoms with E-state index in [0.29, 0.717) is 0 Å². The molecule has 1 unspecified atom stereocenters. The van der Waals surface area contributed by atoms with Crippen molar-refractivity contribution in [3.8, 4) is 11.3 Å². The summed E-state index contributed by atoms with van der Waals surface area (Å²) in [6, 6.07) is 10.2. The molecule has 3 aromatic rings. The van der Waals surface area contributed by atoms with E-state index < -0.39 is 35.3 Å². The van der Waals surface area contributed by atoms with Gasteiger partial charge in [0, 0.05) is 7.05 Å². The van der Waals surface area contributed by atoms with Crippen LogP contribution in [0.1, 0.15) is 22.2 Å². The predicted octanol–water partition coefficient (Wildman–Crippen LogP) is 3.58. The molecule has 0 spiro atoms. The minimum atomic E-state index is -1.28. The molecular weight excluding hydrogens is 373 g/mol. The summed E-state index contributed by atoms with van der Waals surface area (Å²) in [4.78, 5) is 24.6. The summed E-state index contributed by atoms with van der Waals surface area (Å²) < 4.78 is 45.9. The van der Waals surface area contributed by atoms with Crippen LogP contribution in [0, 0.1) is 17.5 Å². The van der Waals surface area contributed by atoms with Gasteiger partial charge in [-0.2, -0.15) is 0 Å². The lowest BCUT2D eigenvalue weighted by Crippen LogP contribution is -2.39. The molecule has 0 aliphatic rings. The van der Waals surface area contributed by atoms with Crippen molar-refractivity contribution >= 4 is 11.8 Å². The molecule has 1 aromatic heterocycles. The molecule has 1 atom stereocenters. The van der Waals surface area contributed by atoms with Crippen LogP contribution in [0.3, 0.4) is 0 Å². The van der Waals surface area contributed by atoms with Gasteiger partial charge in [0.05, 0.1) is 5.56 Å². The first-order valence-corrected chi connectivity index (χ1v) is 8.23. The number of furan rings is 1. The maximum atomic E-state index is 13.9. The van der Waals surface area contributed by atoms with E-state index in [1.165, 1.54) is 43.4 Å². The highest BCUT2D eigenvalue weighted by atomic mass is 19.2. The molecule has 2 N–H and O–H groups in total. The maximum Gasteiger partial charge on any atom is 0.287 e. The summed E-state index contributed by atoms with van der Waals surface area (Å²) in [6.07, 6.45) is 0. The molecule has 0 fully saturated rings. The highest BCUT2D eigenvalue weighted by Crippen LogP contribution is 2.25. The van der Waals surface area contributed by atoms with Gasteiger partial charge in [-0.3, -0.25) is 9.59 Å². The van der Waals surface area contributed by atoms with Crippen molar-refractivity contribution in [1.29, 1.82) is 0 Å². The number of rotatable bonds is 5. The van der Waals surface area contributed by atoms with Gasteiger partial charge in [-0.25, -0.2) is 13.2 Å². The Morgan fingerprint density at radius 1 is 0.929 bits per heavy atom. The Hall–Kier alpha value is -3.55.